The van der Waals surface area contributed by atoms with Gasteiger partial charge in [0.15, 0.2) is 0 Å². The number of methoxy groups -OCH3 is 1. The molecular weight excluding hydrogens is 480 g/mol. The number of para-hydroxylation sites is 1. The zero-order chi connectivity index (χ0) is 27.1. The van der Waals surface area contributed by atoms with E-state index in [0.29, 0.717) is 27.9 Å². The van der Waals surface area contributed by atoms with Crippen LogP contribution in [-0.4, -0.2) is 26.7 Å². The van der Waals surface area contributed by atoms with Gasteiger partial charge < -0.3 is 14.6 Å². The van der Waals surface area contributed by atoms with Gasteiger partial charge in [-0.15, -0.1) is 0 Å². The van der Waals surface area contributed by atoms with Gasteiger partial charge in [-0.3, -0.25) is 14.2 Å². The summed E-state index contributed by atoms with van der Waals surface area (Å²) in [5.41, 5.74) is 4.58. The van der Waals surface area contributed by atoms with E-state index in [4.69, 9.17) is 4.74 Å². The number of nitrogens with one attached hydrogen (secondary N) is 1. The fourth-order valence-corrected chi connectivity index (χ4v) is 5.05. The number of hydrogen-bond acceptors (Lipinski definition) is 4. The first kappa shape index (κ1) is 25.1. The van der Waals surface area contributed by atoms with Gasteiger partial charge in [-0.1, -0.05) is 42.8 Å². The van der Waals surface area contributed by atoms with Crippen LogP contribution >= 0.6 is 0 Å². The van der Waals surface area contributed by atoms with E-state index < -0.39 is 11.2 Å². The summed E-state index contributed by atoms with van der Waals surface area (Å²) in [7, 11) is 3.35. The molecule has 0 saturated carbocycles. The van der Waals surface area contributed by atoms with Gasteiger partial charge in [-0.05, 0) is 61.7 Å². The summed E-state index contributed by atoms with van der Waals surface area (Å²) in [5.74, 6) is 0.232. The number of hydrogen-bond donors (Lipinski definition) is 1. The third-order valence-corrected chi connectivity index (χ3v) is 7.08. The molecule has 0 aliphatic carbocycles. The topological polar surface area (TPSA) is 87.3 Å². The fourth-order valence-electron chi connectivity index (χ4n) is 5.05. The maximum atomic E-state index is 14.0. The summed E-state index contributed by atoms with van der Waals surface area (Å²) in [6.07, 6.45) is 0.753. The minimum Gasteiger partial charge on any atom is -0.497 e. The number of nitrogens with zero attached hydrogens (tertiary/aromatic N) is 3. The van der Waals surface area contributed by atoms with Gasteiger partial charge in [0.05, 0.1) is 23.8 Å². The van der Waals surface area contributed by atoms with Crippen LogP contribution in [-0.2, 0) is 24.8 Å². The first-order valence-electron chi connectivity index (χ1n) is 12.5. The predicted octanol–water partition coefficient (Wildman–Crippen LogP) is 4.47. The van der Waals surface area contributed by atoms with Crippen molar-refractivity contribution in [2.24, 2.45) is 7.05 Å². The van der Waals surface area contributed by atoms with Crippen molar-refractivity contribution in [3.05, 3.63) is 98.2 Å². The number of fused-ring (bicyclic) bond motifs is 3. The summed E-state index contributed by atoms with van der Waals surface area (Å²) in [6.45, 7) is 5.63. The normalized spacial score (nSPS) is 11.3. The molecule has 5 aromatic rings. The lowest BCUT2D eigenvalue weighted by atomic mass is 10.1. The number of aromatic nitrogens is 3. The fraction of sp³-hybridized carbons (Fsp3) is 0.233. The number of ether oxygens (including phenoxy) is 1. The average Bonchev–Trinajstić information content (AvgIpc) is 3.20. The van der Waals surface area contributed by atoms with E-state index in [1.165, 1.54) is 4.57 Å². The predicted molar refractivity (Wildman–Crippen MR) is 151 cm³/mol. The zero-order valence-corrected chi connectivity index (χ0v) is 22.2. The summed E-state index contributed by atoms with van der Waals surface area (Å²) in [5, 5.41) is 3.67. The lowest BCUT2D eigenvalue weighted by Crippen LogP contribution is -2.41. The summed E-state index contributed by atoms with van der Waals surface area (Å²) in [4.78, 5) is 41.3. The van der Waals surface area contributed by atoms with E-state index >= 15 is 0 Å². The Bertz CT molecular complexity index is 1820. The van der Waals surface area contributed by atoms with Gasteiger partial charge in [-0.25, -0.2) is 9.36 Å². The quantitative estimate of drug-likeness (QED) is 0.365. The molecule has 0 aliphatic rings. The van der Waals surface area contributed by atoms with Crippen molar-refractivity contribution in [3.8, 4) is 11.4 Å². The number of benzene rings is 3. The number of amides is 1. The molecule has 0 fully saturated rings. The Hall–Kier alpha value is -4.59. The number of anilines is 1. The molecule has 0 saturated heterocycles. The van der Waals surface area contributed by atoms with Crippen LogP contribution in [0.1, 0.15) is 23.6 Å². The molecule has 0 spiro atoms. The van der Waals surface area contributed by atoms with Gasteiger partial charge >= 0.3 is 5.69 Å². The van der Waals surface area contributed by atoms with Crippen molar-refractivity contribution in [1.82, 2.24) is 13.7 Å². The molecule has 2 heterocycles. The Morgan fingerprint density at radius 3 is 2.39 bits per heavy atom. The molecule has 0 bridgehead atoms. The minimum atomic E-state index is -0.586. The number of rotatable bonds is 6. The molecule has 5 rings (SSSR count). The van der Waals surface area contributed by atoms with Gasteiger partial charge in [0, 0.05) is 18.1 Å². The lowest BCUT2D eigenvalue weighted by molar-refractivity contribution is -0.116. The van der Waals surface area contributed by atoms with Crippen LogP contribution in [0, 0.1) is 13.8 Å². The van der Waals surface area contributed by atoms with Crippen molar-refractivity contribution >= 4 is 33.5 Å². The molecule has 3 aromatic carbocycles. The maximum absolute atomic E-state index is 14.0. The summed E-state index contributed by atoms with van der Waals surface area (Å²) < 4.78 is 9.71. The molecular formula is C30H30N4O4. The Morgan fingerprint density at radius 1 is 0.974 bits per heavy atom. The summed E-state index contributed by atoms with van der Waals surface area (Å²) >= 11 is 0. The Kier molecular flexibility index (Phi) is 6.40. The molecule has 0 unspecified atom stereocenters. The van der Waals surface area contributed by atoms with Crippen LogP contribution in [0.4, 0.5) is 5.69 Å². The molecule has 0 atom stereocenters. The SMILES string of the molecule is CCc1cccc(C)c1NC(=O)Cn1c(=O)n(-c2ccc(C)cc2)c(=O)c2c1c1cc(OC)ccc1n2C. The molecule has 1 amide bonds. The first-order valence-corrected chi connectivity index (χ1v) is 12.5. The highest BCUT2D eigenvalue weighted by Crippen LogP contribution is 2.29. The molecule has 8 nitrogen and oxygen atoms in total. The summed E-state index contributed by atoms with van der Waals surface area (Å²) in [6, 6.07) is 18.5. The third kappa shape index (κ3) is 4.08. The van der Waals surface area contributed by atoms with Crippen LogP contribution in [0.3, 0.4) is 0 Å². The highest BCUT2D eigenvalue weighted by Gasteiger charge is 2.23. The molecule has 2 aromatic heterocycles. The van der Waals surface area contributed by atoms with E-state index in [9.17, 15) is 14.4 Å². The van der Waals surface area contributed by atoms with Gasteiger partial charge in [0.25, 0.3) is 5.56 Å². The molecule has 0 radical (unpaired) electrons. The van der Waals surface area contributed by atoms with Crippen LogP contribution in [0.15, 0.2) is 70.3 Å². The van der Waals surface area contributed by atoms with Crippen molar-refractivity contribution < 1.29 is 9.53 Å². The minimum absolute atomic E-state index is 0.269. The second-order valence-electron chi connectivity index (χ2n) is 9.49. The highest BCUT2D eigenvalue weighted by molar-refractivity contribution is 6.07. The zero-order valence-electron chi connectivity index (χ0n) is 22.2. The second kappa shape index (κ2) is 9.70. The number of carbonyl (C=O) groups excluding carboxylic acids is 1. The van der Waals surface area contributed by atoms with E-state index in [1.807, 2.05) is 57.2 Å². The third-order valence-electron chi connectivity index (χ3n) is 7.08. The Balaban J connectivity index is 1.77. The second-order valence-corrected chi connectivity index (χ2v) is 9.49. The van der Waals surface area contributed by atoms with Gasteiger partial charge in [0.2, 0.25) is 5.91 Å². The van der Waals surface area contributed by atoms with Crippen molar-refractivity contribution in [2.45, 2.75) is 33.7 Å². The number of carbonyl (C=O) groups is 1. The highest BCUT2D eigenvalue weighted by atomic mass is 16.5. The monoisotopic (exact) mass is 510 g/mol. The Labute approximate surface area is 219 Å². The Morgan fingerprint density at radius 2 is 1.71 bits per heavy atom. The van der Waals surface area contributed by atoms with Crippen molar-refractivity contribution in [1.29, 1.82) is 0 Å². The van der Waals surface area contributed by atoms with E-state index in [0.717, 1.165) is 38.9 Å². The van der Waals surface area contributed by atoms with E-state index in [1.54, 1.807) is 43.0 Å². The average molecular weight is 511 g/mol. The van der Waals surface area contributed by atoms with Crippen LogP contribution in [0.2, 0.25) is 0 Å². The van der Waals surface area contributed by atoms with E-state index in [-0.39, 0.29) is 12.5 Å². The van der Waals surface area contributed by atoms with Crippen molar-refractivity contribution in [3.63, 3.8) is 0 Å². The van der Waals surface area contributed by atoms with E-state index in [2.05, 4.69) is 5.32 Å². The standard InChI is InChI=1S/C30H30N4O4/c1-6-20-9-7-8-19(3)26(20)31-25(35)17-33-27-23-16-22(38-5)14-15-24(23)32(4)28(27)29(36)34(30(33)37)21-12-10-18(2)11-13-21/h7-16H,6,17H2,1-5H3,(H,31,35). The largest absolute Gasteiger partial charge is 0.497 e. The van der Waals surface area contributed by atoms with Crippen LogP contribution in [0.5, 0.6) is 5.75 Å². The first-order chi connectivity index (χ1) is 18.2. The van der Waals surface area contributed by atoms with Crippen molar-refractivity contribution in [2.75, 3.05) is 12.4 Å². The van der Waals surface area contributed by atoms with Crippen LogP contribution in [0.25, 0.3) is 27.6 Å². The van der Waals surface area contributed by atoms with Gasteiger partial charge in [0.1, 0.15) is 17.8 Å². The molecule has 8 heteroatoms. The molecule has 194 valence electrons. The number of aryl methyl sites for hydroxylation is 4. The smallest absolute Gasteiger partial charge is 0.336 e. The molecule has 1 N–H and O–H groups in total. The lowest BCUT2D eigenvalue weighted by Gasteiger charge is -2.16. The molecule has 0 aliphatic heterocycles. The van der Waals surface area contributed by atoms with Gasteiger partial charge in [-0.2, -0.15) is 0 Å². The molecule has 38 heavy (non-hydrogen) atoms. The van der Waals surface area contributed by atoms with Crippen LogP contribution < -0.4 is 21.3 Å². The maximum Gasteiger partial charge on any atom is 0.336 e.